The zero-order valence-corrected chi connectivity index (χ0v) is 18.0. The van der Waals surface area contributed by atoms with Gasteiger partial charge in [-0.3, -0.25) is 30.0 Å². The smallest absolute Gasteiger partial charge is 0.295 e. The maximum absolute atomic E-state index is 13.4. The first-order valence-corrected chi connectivity index (χ1v) is 10.1. The van der Waals surface area contributed by atoms with Crippen molar-refractivity contribution in [2.45, 2.75) is 13.0 Å². The summed E-state index contributed by atoms with van der Waals surface area (Å²) in [5.41, 5.74) is 5.81. The lowest BCUT2D eigenvalue weighted by Gasteiger charge is -2.27. The molecule has 7 nitrogen and oxygen atoms in total. The van der Waals surface area contributed by atoms with Crippen molar-refractivity contribution in [3.63, 3.8) is 0 Å². The number of carbonyl (C=O) groups is 3. The maximum atomic E-state index is 13.4. The van der Waals surface area contributed by atoms with Crippen LogP contribution in [0.3, 0.4) is 0 Å². The van der Waals surface area contributed by atoms with Gasteiger partial charge in [0.15, 0.2) is 5.78 Å². The van der Waals surface area contributed by atoms with Gasteiger partial charge >= 0.3 is 0 Å². The molecule has 0 spiro atoms. The molecule has 7 heteroatoms. The molecule has 4 N–H and O–H groups in total. The Balaban J connectivity index is 0.00000306. The van der Waals surface area contributed by atoms with Crippen LogP contribution in [0.1, 0.15) is 34.5 Å². The van der Waals surface area contributed by atoms with E-state index in [1.54, 1.807) is 66.7 Å². The minimum atomic E-state index is -1.18. The van der Waals surface area contributed by atoms with E-state index in [0.29, 0.717) is 22.5 Å². The molecule has 0 saturated carbocycles. The fourth-order valence-electron chi connectivity index (χ4n) is 4.00. The van der Waals surface area contributed by atoms with Crippen LogP contribution in [0.2, 0.25) is 0 Å². The summed E-state index contributed by atoms with van der Waals surface area (Å²) in [5.74, 6) is -3.05. The van der Waals surface area contributed by atoms with E-state index < -0.39 is 29.4 Å². The van der Waals surface area contributed by atoms with Crippen LogP contribution in [0.4, 0.5) is 11.4 Å². The third-order valence-electron chi connectivity index (χ3n) is 5.67. The number of Topliss-reactive ketones (excluding diaryl/α,β-unsaturated/α-hetero) is 2. The number of nitrogens with zero attached hydrogens (tertiary/aromatic N) is 1. The second kappa shape index (κ2) is 9.60. The van der Waals surface area contributed by atoms with Gasteiger partial charge in [0.05, 0.1) is 11.7 Å². The maximum Gasteiger partial charge on any atom is 0.295 e. The first kappa shape index (κ1) is 23.6. The van der Waals surface area contributed by atoms with E-state index in [4.69, 9.17) is 5.21 Å². The van der Waals surface area contributed by atoms with Crippen LogP contribution in [-0.2, 0) is 9.59 Å². The lowest BCUT2D eigenvalue weighted by atomic mass is 9.86. The van der Waals surface area contributed by atoms with Crippen molar-refractivity contribution in [2.75, 3.05) is 10.4 Å². The normalized spacial score (nSPS) is 17.5. The van der Waals surface area contributed by atoms with Gasteiger partial charge in [0.25, 0.3) is 5.91 Å². The van der Waals surface area contributed by atoms with Gasteiger partial charge in [0.2, 0.25) is 5.78 Å². The van der Waals surface area contributed by atoms with Gasteiger partial charge < -0.3 is 5.48 Å². The molecular weight excluding hydrogens is 420 g/mol. The van der Waals surface area contributed by atoms with Gasteiger partial charge in [0.1, 0.15) is 5.92 Å². The fraction of sp³-hybridized carbons (Fsp3) is 0.115. The lowest BCUT2D eigenvalue weighted by molar-refractivity contribution is -0.135. The number of allylic oxidation sites excluding steroid dienone is 1. The van der Waals surface area contributed by atoms with Crippen LogP contribution in [0.5, 0.6) is 0 Å². The largest absolute Gasteiger partial charge is 0.412 e. The van der Waals surface area contributed by atoms with E-state index in [-0.39, 0.29) is 5.48 Å². The Labute approximate surface area is 191 Å². The summed E-state index contributed by atoms with van der Waals surface area (Å²) in [6, 6.07) is 21.5. The number of carbonyl (C=O) groups excluding carboxylic acids is 3. The minimum Gasteiger partial charge on any atom is -0.412 e. The number of hydrogen-bond acceptors (Lipinski definition) is 5. The Morgan fingerprint density at radius 2 is 1.52 bits per heavy atom. The van der Waals surface area contributed by atoms with Gasteiger partial charge in [0, 0.05) is 11.3 Å². The van der Waals surface area contributed by atoms with E-state index in [1.807, 2.05) is 19.1 Å². The van der Waals surface area contributed by atoms with Crippen LogP contribution in [-0.4, -0.2) is 28.2 Å². The minimum absolute atomic E-state index is 0. The predicted octanol–water partition coefficient (Wildman–Crippen LogP) is 3.85. The third-order valence-corrected chi connectivity index (χ3v) is 5.67. The number of amides is 1. The fourth-order valence-corrected chi connectivity index (χ4v) is 4.00. The van der Waals surface area contributed by atoms with Crippen LogP contribution in [0, 0.1) is 5.92 Å². The SMILES string of the molecule is C=C(C)c1ccc(N2C(=O)C(=O)C(C(=O)c3ccccc3)C2c2ccc(NO)cc2)cc1.O. The molecular formula is C26H24N2O5. The quantitative estimate of drug-likeness (QED) is 0.259. The molecule has 1 heterocycles. The highest BCUT2D eigenvalue weighted by atomic mass is 16.5. The summed E-state index contributed by atoms with van der Waals surface area (Å²) in [7, 11) is 0. The molecule has 2 atom stereocenters. The van der Waals surface area contributed by atoms with Crippen molar-refractivity contribution < 1.29 is 25.1 Å². The Morgan fingerprint density at radius 3 is 2.06 bits per heavy atom. The molecule has 3 aromatic carbocycles. The van der Waals surface area contributed by atoms with E-state index in [0.717, 1.165) is 11.1 Å². The van der Waals surface area contributed by atoms with Crippen LogP contribution in [0.15, 0.2) is 85.4 Å². The van der Waals surface area contributed by atoms with Gasteiger partial charge in [-0.1, -0.05) is 66.7 Å². The average Bonchev–Trinajstić information content (AvgIpc) is 3.09. The van der Waals surface area contributed by atoms with E-state index in [9.17, 15) is 14.4 Å². The molecule has 2 unspecified atom stereocenters. The second-order valence-electron chi connectivity index (χ2n) is 7.75. The molecule has 33 heavy (non-hydrogen) atoms. The first-order chi connectivity index (χ1) is 15.4. The molecule has 1 aliphatic heterocycles. The first-order valence-electron chi connectivity index (χ1n) is 10.1. The van der Waals surface area contributed by atoms with Crippen molar-refractivity contribution in [3.8, 4) is 0 Å². The number of nitrogens with one attached hydrogen (secondary N) is 1. The van der Waals surface area contributed by atoms with Crippen molar-refractivity contribution in [1.82, 2.24) is 0 Å². The lowest BCUT2D eigenvalue weighted by Crippen LogP contribution is -2.30. The Hall–Kier alpha value is -4.07. The standard InChI is InChI=1S/C26H22N2O4.H2O/c1-16(2)17-10-14-21(15-11-17)28-23(18-8-12-20(27-32)13-9-18)22(25(30)26(28)31)24(29)19-6-4-3-5-7-19;/h3-15,22-23,27,32H,1H2,2H3;1H2. The zero-order valence-electron chi connectivity index (χ0n) is 18.0. The summed E-state index contributed by atoms with van der Waals surface area (Å²) in [5, 5.41) is 9.14. The topological polar surface area (TPSA) is 118 Å². The van der Waals surface area contributed by atoms with Crippen LogP contribution < -0.4 is 10.4 Å². The Morgan fingerprint density at radius 1 is 0.909 bits per heavy atom. The van der Waals surface area contributed by atoms with Crippen molar-refractivity contribution in [2.24, 2.45) is 5.92 Å². The third kappa shape index (κ3) is 4.32. The van der Waals surface area contributed by atoms with Crippen molar-refractivity contribution >= 4 is 34.4 Å². The van der Waals surface area contributed by atoms with Crippen LogP contribution in [0.25, 0.3) is 5.57 Å². The monoisotopic (exact) mass is 444 g/mol. The highest BCUT2D eigenvalue weighted by Crippen LogP contribution is 2.41. The number of anilines is 2. The average molecular weight is 444 g/mol. The molecule has 0 radical (unpaired) electrons. The molecule has 1 fully saturated rings. The van der Waals surface area contributed by atoms with Gasteiger partial charge in [-0.15, -0.1) is 0 Å². The summed E-state index contributed by atoms with van der Waals surface area (Å²) in [6.45, 7) is 5.80. The van der Waals surface area contributed by atoms with Crippen molar-refractivity contribution in [3.05, 3.63) is 102 Å². The number of ketones is 2. The zero-order chi connectivity index (χ0) is 22.8. The van der Waals surface area contributed by atoms with Gasteiger partial charge in [-0.25, -0.2) is 0 Å². The molecule has 1 aliphatic rings. The number of benzene rings is 3. The number of rotatable bonds is 6. The summed E-state index contributed by atoms with van der Waals surface area (Å²) in [6.07, 6.45) is 0. The highest BCUT2D eigenvalue weighted by molar-refractivity contribution is 6.49. The molecule has 0 aromatic heterocycles. The van der Waals surface area contributed by atoms with E-state index in [1.165, 1.54) is 4.90 Å². The molecule has 4 rings (SSSR count). The van der Waals surface area contributed by atoms with E-state index >= 15 is 0 Å². The molecule has 0 bridgehead atoms. The van der Waals surface area contributed by atoms with Crippen LogP contribution >= 0.6 is 0 Å². The van der Waals surface area contributed by atoms with E-state index in [2.05, 4.69) is 12.1 Å². The summed E-state index contributed by atoms with van der Waals surface area (Å²) < 4.78 is 0. The number of hydrogen-bond donors (Lipinski definition) is 2. The highest BCUT2D eigenvalue weighted by Gasteiger charge is 2.52. The molecule has 0 aliphatic carbocycles. The predicted molar refractivity (Wildman–Crippen MR) is 126 cm³/mol. The molecule has 168 valence electrons. The Bertz CT molecular complexity index is 1190. The second-order valence-corrected chi connectivity index (χ2v) is 7.75. The molecule has 1 amide bonds. The van der Waals surface area contributed by atoms with Crippen molar-refractivity contribution in [1.29, 1.82) is 0 Å². The summed E-state index contributed by atoms with van der Waals surface area (Å²) in [4.78, 5) is 41.0. The van der Waals surface area contributed by atoms with Gasteiger partial charge in [-0.05, 0) is 42.3 Å². The Kier molecular flexibility index (Phi) is 6.86. The molecule has 3 aromatic rings. The molecule has 1 saturated heterocycles. The summed E-state index contributed by atoms with van der Waals surface area (Å²) >= 11 is 0. The van der Waals surface area contributed by atoms with Gasteiger partial charge in [-0.2, -0.15) is 0 Å².